The van der Waals surface area contributed by atoms with Crippen molar-refractivity contribution in [2.24, 2.45) is 0 Å². The Morgan fingerprint density at radius 1 is 1.00 bits per heavy atom. The molecule has 0 aliphatic carbocycles. The molecule has 0 atom stereocenters. The van der Waals surface area contributed by atoms with Gasteiger partial charge in [-0.3, -0.25) is 4.79 Å². The van der Waals surface area contributed by atoms with Crippen LogP contribution in [0.5, 0.6) is 0 Å². The maximum Gasteiger partial charge on any atom is 0.268 e. The van der Waals surface area contributed by atoms with Gasteiger partial charge in [-0.1, -0.05) is 36.4 Å². The van der Waals surface area contributed by atoms with Crippen LogP contribution in [0.4, 0.5) is 14.5 Å². The number of nitrogens with zero attached hydrogens (tertiary/aromatic N) is 1. The summed E-state index contributed by atoms with van der Waals surface area (Å²) in [7, 11) is 0. The van der Waals surface area contributed by atoms with Gasteiger partial charge in [-0.15, -0.1) is 11.3 Å². The van der Waals surface area contributed by atoms with Gasteiger partial charge < -0.3 is 5.32 Å². The number of benzene rings is 2. The Morgan fingerprint density at radius 3 is 2.36 bits per heavy atom. The Hall–Kier alpha value is -2.60. The van der Waals surface area contributed by atoms with Crippen LogP contribution in [0.1, 0.15) is 9.67 Å². The van der Waals surface area contributed by atoms with E-state index in [1.165, 1.54) is 11.6 Å². The van der Waals surface area contributed by atoms with Gasteiger partial charge in [0.1, 0.15) is 22.2 Å². The number of para-hydroxylation sites is 1. The lowest BCUT2D eigenvalue weighted by Crippen LogP contribution is -2.14. The molecule has 110 valence electrons. The van der Waals surface area contributed by atoms with Gasteiger partial charge >= 0.3 is 0 Å². The fourth-order valence-electron chi connectivity index (χ4n) is 2.00. The van der Waals surface area contributed by atoms with Gasteiger partial charge in [0.25, 0.3) is 5.91 Å². The molecule has 0 radical (unpaired) electrons. The van der Waals surface area contributed by atoms with Crippen molar-refractivity contribution in [3.63, 3.8) is 0 Å². The molecule has 0 saturated heterocycles. The number of aromatic nitrogens is 1. The van der Waals surface area contributed by atoms with E-state index in [2.05, 4.69) is 10.3 Å². The fourth-order valence-corrected chi connectivity index (χ4v) is 2.70. The summed E-state index contributed by atoms with van der Waals surface area (Å²) < 4.78 is 27.2. The molecular formula is C16H10F2N2OS. The number of thiazole rings is 1. The van der Waals surface area contributed by atoms with Crippen LogP contribution in [0.15, 0.2) is 54.0 Å². The summed E-state index contributed by atoms with van der Waals surface area (Å²) in [5.41, 5.74) is 2.32. The van der Waals surface area contributed by atoms with Gasteiger partial charge in [-0.05, 0) is 12.1 Å². The quantitative estimate of drug-likeness (QED) is 0.781. The predicted octanol–water partition coefficient (Wildman–Crippen LogP) is 4.34. The smallest absolute Gasteiger partial charge is 0.268 e. The largest absolute Gasteiger partial charge is 0.316 e. The zero-order chi connectivity index (χ0) is 15.5. The third-order valence-corrected chi connectivity index (χ3v) is 3.85. The third kappa shape index (κ3) is 2.73. The lowest BCUT2D eigenvalue weighted by molar-refractivity contribution is 0.103. The lowest BCUT2D eigenvalue weighted by atomic mass is 10.1. The Morgan fingerprint density at radius 2 is 1.68 bits per heavy atom. The minimum atomic E-state index is -0.820. The summed E-state index contributed by atoms with van der Waals surface area (Å²) in [6, 6.07) is 12.5. The fraction of sp³-hybridized carbons (Fsp3) is 0. The van der Waals surface area contributed by atoms with Crippen molar-refractivity contribution in [3.05, 3.63) is 70.6 Å². The first-order valence-corrected chi connectivity index (χ1v) is 7.29. The molecule has 0 aliphatic rings. The van der Waals surface area contributed by atoms with E-state index >= 15 is 0 Å². The van der Waals surface area contributed by atoms with Crippen molar-refractivity contribution in [2.45, 2.75) is 0 Å². The number of anilines is 1. The second-order valence-corrected chi connectivity index (χ2v) is 5.30. The first kappa shape index (κ1) is 14.3. The molecule has 0 saturated carbocycles. The number of hydrogen-bond acceptors (Lipinski definition) is 3. The van der Waals surface area contributed by atoms with Crippen molar-refractivity contribution in [1.82, 2.24) is 4.98 Å². The van der Waals surface area contributed by atoms with Crippen molar-refractivity contribution < 1.29 is 13.6 Å². The van der Waals surface area contributed by atoms with E-state index in [9.17, 15) is 13.6 Å². The summed E-state index contributed by atoms with van der Waals surface area (Å²) in [6.45, 7) is 0. The molecule has 0 bridgehead atoms. The molecule has 3 nitrogen and oxygen atoms in total. The van der Waals surface area contributed by atoms with Crippen LogP contribution in [0.3, 0.4) is 0 Å². The molecule has 6 heteroatoms. The molecule has 0 unspecified atom stereocenters. The normalized spacial score (nSPS) is 10.5. The van der Waals surface area contributed by atoms with Crippen molar-refractivity contribution in [3.8, 4) is 11.3 Å². The van der Waals surface area contributed by atoms with Gasteiger partial charge in [0, 0.05) is 5.56 Å². The highest BCUT2D eigenvalue weighted by atomic mass is 32.1. The number of amides is 1. The second kappa shape index (κ2) is 6.03. The second-order valence-electron chi connectivity index (χ2n) is 4.45. The van der Waals surface area contributed by atoms with Crippen molar-refractivity contribution >= 4 is 22.9 Å². The van der Waals surface area contributed by atoms with Gasteiger partial charge in [0.15, 0.2) is 0 Å². The van der Waals surface area contributed by atoms with E-state index in [4.69, 9.17) is 0 Å². The summed E-state index contributed by atoms with van der Waals surface area (Å²) in [5, 5.41) is 2.27. The van der Waals surface area contributed by atoms with Crippen LogP contribution in [0, 0.1) is 11.6 Å². The number of rotatable bonds is 3. The third-order valence-electron chi connectivity index (χ3n) is 3.02. The van der Waals surface area contributed by atoms with E-state index in [0.717, 1.165) is 29.0 Å². The van der Waals surface area contributed by atoms with E-state index in [1.807, 2.05) is 30.3 Å². The molecule has 1 heterocycles. The molecule has 1 aromatic heterocycles. The zero-order valence-corrected chi connectivity index (χ0v) is 12.0. The van der Waals surface area contributed by atoms with E-state index < -0.39 is 23.2 Å². The van der Waals surface area contributed by atoms with Crippen LogP contribution in [0.2, 0.25) is 0 Å². The summed E-state index contributed by atoms with van der Waals surface area (Å²) in [6.07, 6.45) is 0. The number of halogens is 2. The molecule has 0 spiro atoms. The Bertz CT molecular complexity index is 798. The SMILES string of the molecule is O=C(Nc1c(F)cccc1F)c1scnc1-c1ccccc1. The van der Waals surface area contributed by atoms with Gasteiger partial charge in [-0.2, -0.15) is 0 Å². The standard InChI is InChI=1S/C16H10F2N2OS/c17-11-7-4-8-12(18)14(11)20-16(21)15-13(19-9-22-15)10-5-2-1-3-6-10/h1-9H,(H,20,21). The molecule has 2 aromatic carbocycles. The highest BCUT2D eigenvalue weighted by molar-refractivity contribution is 7.12. The molecule has 0 aliphatic heterocycles. The van der Waals surface area contributed by atoms with Crippen molar-refractivity contribution in [2.75, 3.05) is 5.32 Å². The summed E-state index contributed by atoms with van der Waals surface area (Å²) in [4.78, 5) is 16.8. The van der Waals surface area contributed by atoms with Crippen LogP contribution >= 0.6 is 11.3 Å². The number of carbonyl (C=O) groups excluding carboxylic acids is 1. The minimum absolute atomic E-state index is 0.300. The first-order valence-electron chi connectivity index (χ1n) is 6.41. The van der Waals surface area contributed by atoms with E-state index in [-0.39, 0.29) is 0 Å². The van der Waals surface area contributed by atoms with Gasteiger partial charge in [0.05, 0.1) is 11.2 Å². The maximum absolute atomic E-state index is 13.6. The summed E-state index contributed by atoms with van der Waals surface area (Å²) in [5.74, 6) is -2.23. The first-order chi connectivity index (χ1) is 10.7. The lowest BCUT2D eigenvalue weighted by Gasteiger charge is -2.07. The number of hydrogen-bond donors (Lipinski definition) is 1. The topological polar surface area (TPSA) is 42.0 Å². The molecule has 3 rings (SSSR count). The van der Waals surface area contributed by atoms with Crippen molar-refractivity contribution in [1.29, 1.82) is 0 Å². The molecule has 22 heavy (non-hydrogen) atoms. The molecule has 0 fully saturated rings. The van der Waals surface area contributed by atoms with Crippen LogP contribution in [-0.4, -0.2) is 10.9 Å². The van der Waals surface area contributed by atoms with Crippen LogP contribution in [-0.2, 0) is 0 Å². The van der Waals surface area contributed by atoms with Gasteiger partial charge in [-0.25, -0.2) is 13.8 Å². The van der Waals surface area contributed by atoms with Gasteiger partial charge in [0.2, 0.25) is 0 Å². The average molecular weight is 316 g/mol. The molecule has 3 aromatic rings. The highest BCUT2D eigenvalue weighted by Crippen LogP contribution is 2.27. The van der Waals surface area contributed by atoms with Crippen LogP contribution in [0.25, 0.3) is 11.3 Å². The van der Waals surface area contributed by atoms with E-state index in [0.29, 0.717) is 10.6 Å². The Balaban J connectivity index is 1.93. The van der Waals surface area contributed by atoms with E-state index in [1.54, 1.807) is 0 Å². The maximum atomic E-state index is 13.6. The summed E-state index contributed by atoms with van der Waals surface area (Å²) >= 11 is 1.12. The molecular weight excluding hydrogens is 306 g/mol. The highest BCUT2D eigenvalue weighted by Gasteiger charge is 2.19. The molecule has 1 amide bonds. The monoisotopic (exact) mass is 316 g/mol. The Labute approximate surface area is 129 Å². The number of carbonyl (C=O) groups is 1. The predicted molar refractivity (Wildman–Crippen MR) is 81.9 cm³/mol. The molecule has 1 N–H and O–H groups in total. The van der Waals surface area contributed by atoms with Crippen LogP contribution < -0.4 is 5.32 Å². The zero-order valence-electron chi connectivity index (χ0n) is 11.2. The number of nitrogens with one attached hydrogen (secondary N) is 1. The minimum Gasteiger partial charge on any atom is -0.316 e. The Kier molecular flexibility index (Phi) is 3.93. The average Bonchev–Trinajstić information content (AvgIpc) is 3.01.